The van der Waals surface area contributed by atoms with Crippen molar-refractivity contribution in [1.82, 2.24) is 9.88 Å². The number of nitrogens with one attached hydrogen (secondary N) is 2. The maximum absolute atomic E-state index is 14.0. The summed E-state index contributed by atoms with van der Waals surface area (Å²) in [5.74, 6) is 0. The Labute approximate surface area is 152 Å². The van der Waals surface area contributed by atoms with Crippen LogP contribution in [-0.2, 0) is 6.54 Å². The van der Waals surface area contributed by atoms with Crippen LogP contribution in [0.25, 0.3) is 10.9 Å². The normalized spacial score (nSPS) is 20.1. The van der Waals surface area contributed by atoms with E-state index in [9.17, 15) is 17.6 Å². The second kappa shape index (κ2) is 9.26. The van der Waals surface area contributed by atoms with Gasteiger partial charge in [0.15, 0.2) is 0 Å². The summed E-state index contributed by atoms with van der Waals surface area (Å²) in [4.78, 5) is 0. The van der Waals surface area contributed by atoms with Crippen LogP contribution >= 0.6 is 0 Å². The first-order valence-corrected chi connectivity index (χ1v) is 8.62. The van der Waals surface area contributed by atoms with Crippen LogP contribution in [0.5, 0.6) is 0 Å². The quantitative estimate of drug-likeness (QED) is 0.714. The topological polar surface area (TPSA) is 29.0 Å². The Kier molecular flexibility index (Phi) is 7.93. The summed E-state index contributed by atoms with van der Waals surface area (Å²) in [6.07, 6.45) is -4.66. The zero-order valence-electron chi connectivity index (χ0n) is 14.8. The van der Waals surface area contributed by atoms with Gasteiger partial charge in [0.1, 0.15) is 12.7 Å². The maximum atomic E-state index is 14.0. The smallest absolute Gasteiger partial charge is 0.379 e. The van der Waals surface area contributed by atoms with Crippen LogP contribution in [0.1, 0.15) is 33.4 Å². The van der Waals surface area contributed by atoms with Crippen molar-refractivity contribution in [2.45, 2.75) is 59.6 Å². The Morgan fingerprint density at radius 1 is 1.27 bits per heavy atom. The fourth-order valence-corrected chi connectivity index (χ4v) is 3.11. The average Bonchev–Trinajstić information content (AvgIpc) is 2.87. The Morgan fingerprint density at radius 3 is 2.58 bits per heavy atom. The van der Waals surface area contributed by atoms with Crippen LogP contribution in [0.15, 0.2) is 24.3 Å². The first kappa shape index (κ1) is 22.3. The predicted molar refractivity (Wildman–Crippen MR) is 101 cm³/mol. The molecule has 3 rings (SSSR count). The fourth-order valence-electron chi connectivity index (χ4n) is 3.11. The summed E-state index contributed by atoms with van der Waals surface area (Å²) in [7, 11) is 0. The number of hydrogen-bond donors (Lipinski definition) is 2. The van der Waals surface area contributed by atoms with E-state index in [1.807, 2.05) is 13.8 Å². The Morgan fingerprint density at radius 2 is 1.96 bits per heavy atom. The van der Waals surface area contributed by atoms with E-state index in [1.54, 1.807) is 31.2 Å². The van der Waals surface area contributed by atoms with Crippen molar-refractivity contribution in [3.05, 3.63) is 30.0 Å². The standard InChI is InChI=1S/C16H19F4N3.C2H6.CH4/c1-10-7-11-13(22-14-5-6-21-8-12(14)17)3-2-4-15(11)23(10)9-16(18,19)20;1-2;/h2-4,7,12,14,21-22H,5-6,8-9H2,1H3;1-2H3;1H4. The van der Waals surface area contributed by atoms with Gasteiger partial charge in [-0.1, -0.05) is 27.3 Å². The molecule has 2 N–H and O–H groups in total. The van der Waals surface area contributed by atoms with Gasteiger partial charge >= 0.3 is 6.18 Å². The highest BCUT2D eigenvalue weighted by Gasteiger charge is 2.30. The van der Waals surface area contributed by atoms with Crippen molar-refractivity contribution in [2.75, 3.05) is 18.4 Å². The number of fused-ring (bicyclic) bond motifs is 1. The second-order valence-corrected chi connectivity index (χ2v) is 5.99. The number of rotatable bonds is 3. The summed E-state index contributed by atoms with van der Waals surface area (Å²) >= 11 is 0. The van der Waals surface area contributed by atoms with Crippen LogP contribution in [0.4, 0.5) is 23.2 Å². The molecule has 1 aliphatic heterocycles. The van der Waals surface area contributed by atoms with Gasteiger partial charge in [0.25, 0.3) is 0 Å². The highest BCUT2D eigenvalue weighted by atomic mass is 19.4. The third kappa shape index (κ3) is 5.13. The van der Waals surface area contributed by atoms with Gasteiger partial charge in [0.2, 0.25) is 0 Å². The van der Waals surface area contributed by atoms with E-state index in [4.69, 9.17) is 0 Å². The number of hydrogen-bond acceptors (Lipinski definition) is 2. The first-order chi connectivity index (χ1) is 11.8. The van der Waals surface area contributed by atoms with E-state index >= 15 is 0 Å². The van der Waals surface area contributed by atoms with Gasteiger partial charge in [0.05, 0.1) is 11.6 Å². The summed E-state index contributed by atoms with van der Waals surface area (Å²) in [6.45, 7) is 5.65. The molecule has 1 aromatic carbocycles. The third-order valence-electron chi connectivity index (χ3n) is 4.24. The molecule has 0 bridgehead atoms. The molecule has 0 spiro atoms. The van der Waals surface area contributed by atoms with E-state index in [0.29, 0.717) is 35.2 Å². The lowest BCUT2D eigenvalue weighted by atomic mass is 10.0. The molecule has 0 saturated carbocycles. The van der Waals surface area contributed by atoms with Crippen LogP contribution < -0.4 is 10.6 Å². The number of halogens is 4. The molecule has 1 fully saturated rings. The molecule has 2 unspecified atom stereocenters. The van der Waals surface area contributed by atoms with Crippen molar-refractivity contribution in [1.29, 1.82) is 0 Å². The summed E-state index contributed by atoms with van der Waals surface area (Å²) in [6, 6.07) is 6.54. The minimum absolute atomic E-state index is 0. The van der Waals surface area contributed by atoms with E-state index < -0.39 is 18.9 Å². The number of aromatic nitrogens is 1. The summed E-state index contributed by atoms with van der Waals surface area (Å²) in [5, 5.41) is 6.84. The Balaban J connectivity index is 0.00000109. The molecule has 1 aromatic heterocycles. The molecule has 7 heteroatoms. The van der Waals surface area contributed by atoms with Gasteiger partial charge in [-0.05, 0) is 38.1 Å². The zero-order chi connectivity index (χ0) is 18.6. The minimum atomic E-state index is -4.28. The molecule has 148 valence electrons. The van der Waals surface area contributed by atoms with Gasteiger partial charge in [-0.3, -0.25) is 0 Å². The second-order valence-electron chi connectivity index (χ2n) is 5.99. The largest absolute Gasteiger partial charge is 0.406 e. The molecule has 1 aliphatic rings. The van der Waals surface area contributed by atoms with Gasteiger partial charge in [-0.25, -0.2) is 4.39 Å². The monoisotopic (exact) mass is 375 g/mol. The number of aryl methyl sites for hydroxylation is 1. The van der Waals surface area contributed by atoms with Gasteiger partial charge < -0.3 is 15.2 Å². The molecular formula is C19H29F4N3. The van der Waals surface area contributed by atoms with E-state index in [-0.39, 0.29) is 13.5 Å². The van der Waals surface area contributed by atoms with Crippen molar-refractivity contribution in [2.24, 2.45) is 0 Å². The number of nitrogens with zero attached hydrogens (tertiary/aromatic N) is 1. The zero-order valence-corrected chi connectivity index (χ0v) is 14.8. The highest BCUT2D eigenvalue weighted by Crippen LogP contribution is 2.31. The highest BCUT2D eigenvalue weighted by molar-refractivity contribution is 5.93. The molecule has 2 atom stereocenters. The van der Waals surface area contributed by atoms with Gasteiger partial charge in [-0.2, -0.15) is 13.2 Å². The number of anilines is 1. The van der Waals surface area contributed by atoms with Crippen molar-refractivity contribution in [3.63, 3.8) is 0 Å². The molecule has 2 aromatic rings. The molecule has 2 heterocycles. The SMILES string of the molecule is C.CC.Cc1cc2c(NC3CCNCC3F)cccc2n1CC(F)(F)F. The van der Waals surface area contributed by atoms with E-state index in [1.165, 1.54) is 4.57 Å². The Bertz CT molecular complexity index is 694. The lowest BCUT2D eigenvalue weighted by molar-refractivity contribution is -0.140. The van der Waals surface area contributed by atoms with Crippen molar-refractivity contribution in [3.8, 4) is 0 Å². The number of piperidine rings is 1. The molecule has 3 nitrogen and oxygen atoms in total. The van der Waals surface area contributed by atoms with Crippen molar-refractivity contribution >= 4 is 16.6 Å². The summed E-state index contributed by atoms with van der Waals surface area (Å²) < 4.78 is 53.5. The molecule has 26 heavy (non-hydrogen) atoms. The molecule has 0 amide bonds. The lowest BCUT2D eigenvalue weighted by Gasteiger charge is -2.28. The molecule has 0 radical (unpaired) electrons. The summed E-state index contributed by atoms with van der Waals surface area (Å²) in [5.41, 5.74) is 1.73. The average molecular weight is 375 g/mol. The number of benzene rings is 1. The van der Waals surface area contributed by atoms with Gasteiger partial charge in [0, 0.05) is 23.3 Å². The predicted octanol–water partition coefficient (Wildman–Crippen LogP) is 5.29. The molecule has 0 aliphatic carbocycles. The van der Waals surface area contributed by atoms with E-state index in [2.05, 4.69) is 10.6 Å². The Hall–Kier alpha value is -1.76. The minimum Gasteiger partial charge on any atom is -0.379 e. The third-order valence-corrected chi connectivity index (χ3v) is 4.24. The van der Waals surface area contributed by atoms with Crippen LogP contribution in [-0.4, -0.2) is 36.0 Å². The fraction of sp³-hybridized carbons (Fsp3) is 0.579. The maximum Gasteiger partial charge on any atom is 0.406 e. The molecular weight excluding hydrogens is 346 g/mol. The van der Waals surface area contributed by atoms with Gasteiger partial charge in [-0.15, -0.1) is 0 Å². The van der Waals surface area contributed by atoms with Crippen LogP contribution in [0.3, 0.4) is 0 Å². The first-order valence-electron chi connectivity index (χ1n) is 8.62. The van der Waals surface area contributed by atoms with Crippen LogP contribution in [0, 0.1) is 6.92 Å². The number of alkyl halides is 4. The van der Waals surface area contributed by atoms with Crippen molar-refractivity contribution < 1.29 is 17.6 Å². The lowest BCUT2D eigenvalue weighted by Crippen LogP contribution is -2.45. The molecule has 1 saturated heterocycles. The van der Waals surface area contributed by atoms with Crippen LogP contribution in [0.2, 0.25) is 0 Å². The van der Waals surface area contributed by atoms with E-state index in [0.717, 1.165) is 6.54 Å².